The molecule has 6 nitrogen and oxygen atoms in total. The molecule has 1 saturated carbocycles. The van der Waals surface area contributed by atoms with Crippen molar-refractivity contribution in [3.8, 4) is 0 Å². The van der Waals surface area contributed by atoms with Gasteiger partial charge in [-0.3, -0.25) is 0 Å². The lowest BCUT2D eigenvalue weighted by molar-refractivity contribution is 0.0697. The Morgan fingerprint density at radius 2 is 1.82 bits per heavy atom. The predicted molar refractivity (Wildman–Crippen MR) is 83.8 cm³/mol. The molecule has 1 aliphatic rings. The highest BCUT2D eigenvalue weighted by molar-refractivity contribution is 7.87. The van der Waals surface area contributed by atoms with Gasteiger partial charge >= 0.3 is 5.97 Å². The van der Waals surface area contributed by atoms with Crippen LogP contribution < -0.4 is 4.72 Å². The average molecular weight is 326 g/mol. The molecule has 2 N–H and O–H groups in total. The molecule has 7 heteroatoms. The third-order valence-electron chi connectivity index (χ3n) is 4.13. The van der Waals surface area contributed by atoms with Crippen LogP contribution in [-0.4, -0.2) is 36.9 Å². The zero-order chi connectivity index (χ0) is 16.2. The van der Waals surface area contributed by atoms with E-state index in [1.54, 1.807) is 19.2 Å². The number of rotatable bonds is 6. The number of benzene rings is 1. The Morgan fingerprint density at radius 3 is 2.36 bits per heavy atom. The highest BCUT2D eigenvalue weighted by Crippen LogP contribution is 2.23. The maximum atomic E-state index is 12.3. The molecule has 1 aromatic carbocycles. The Kier molecular flexibility index (Phi) is 5.55. The molecule has 122 valence electrons. The summed E-state index contributed by atoms with van der Waals surface area (Å²) in [5.41, 5.74) is 0.913. The molecule has 2 rings (SSSR count). The fraction of sp³-hybridized carbons (Fsp3) is 0.533. The SMILES string of the molecule is CN(C1CCCCC1)S(=O)(=O)NCc1ccc(C(=O)O)cc1. The predicted octanol–water partition coefficient (Wildman–Crippen LogP) is 1.98. The number of hydrogen-bond acceptors (Lipinski definition) is 3. The molecule has 1 aromatic rings. The van der Waals surface area contributed by atoms with E-state index in [1.165, 1.54) is 22.9 Å². The van der Waals surface area contributed by atoms with Crippen molar-refractivity contribution in [1.82, 2.24) is 9.03 Å². The summed E-state index contributed by atoms with van der Waals surface area (Å²) in [5.74, 6) is -0.996. The quantitative estimate of drug-likeness (QED) is 0.837. The van der Waals surface area contributed by atoms with Gasteiger partial charge in [0.1, 0.15) is 0 Å². The standard InChI is InChI=1S/C15H22N2O4S/c1-17(14-5-3-2-4-6-14)22(20,21)16-11-12-7-9-13(10-8-12)15(18)19/h7-10,14,16H,2-6,11H2,1H3,(H,18,19). The van der Waals surface area contributed by atoms with Crippen LogP contribution in [-0.2, 0) is 16.8 Å². The van der Waals surface area contributed by atoms with Gasteiger partial charge in [-0.25, -0.2) is 4.79 Å². The van der Waals surface area contributed by atoms with Gasteiger partial charge in [0.25, 0.3) is 10.2 Å². The van der Waals surface area contributed by atoms with Crippen molar-refractivity contribution in [1.29, 1.82) is 0 Å². The Bertz CT molecular complexity index is 607. The van der Waals surface area contributed by atoms with Crippen LogP contribution in [0.4, 0.5) is 0 Å². The van der Waals surface area contributed by atoms with Crippen LogP contribution in [0, 0.1) is 0 Å². The first-order chi connectivity index (χ1) is 10.4. The Balaban J connectivity index is 1.95. The fourth-order valence-corrected chi connectivity index (χ4v) is 3.84. The second kappa shape index (κ2) is 7.21. The molecular weight excluding hydrogens is 304 g/mol. The van der Waals surface area contributed by atoms with Gasteiger partial charge in [-0.15, -0.1) is 0 Å². The van der Waals surface area contributed by atoms with Crippen LogP contribution in [0.5, 0.6) is 0 Å². The maximum Gasteiger partial charge on any atom is 0.335 e. The van der Waals surface area contributed by atoms with Gasteiger partial charge in [0.2, 0.25) is 0 Å². The molecule has 22 heavy (non-hydrogen) atoms. The highest BCUT2D eigenvalue weighted by atomic mass is 32.2. The molecule has 0 bridgehead atoms. The van der Waals surface area contributed by atoms with Gasteiger partial charge in [-0.2, -0.15) is 17.4 Å². The van der Waals surface area contributed by atoms with Crippen molar-refractivity contribution < 1.29 is 18.3 Å². The van der Waals surface area contributed by atoms with E-state index < -0.39 is 16.2 Å². The largest absolute Gasteiger partial charge is 0.478 e. The van der Waals surface area contributed by atoms with Crippen LogP contribution in [0.2, 0.25) is 0 Å². The lowest BCUT2D eigenvalue weighted by atomic mass is 9.96. The molecule has 0 heterocycles. The van der Waals surface area contributed by atoms with Crippen molar-refractivity contribution >= 4 is 16.2 Å². The Morgan fingerprint density at radius 1 is 1.23 bits per heavy atom. The molecule has 0 spiro atoms. The van der Waals surface area contributed by atoms with Gasteiger partial charge in [0.15, 0.2) is 0 Å². The molecule has 1 fully saturated rings. The molecule has 0 amide bonds. The normalized spacial score (nSPS) is 16.8. The topological polar surface area (TPSA) is 86.7 Å². The van der Waals surface area contributed by atoms with Crippen molar-refractivity contribution in [2.75, 3.05) is 7.05 Å². The third kappa shape index (κ3) is 4.28. The van der Waals surface area contributed by atoms with Crippen molar-refractivity contribution in [2.45, 2.75) is 44.7 Å². The van der Waals surface area contributed by atoms with E-state index in [1.807, 2.05) is 0 Å². The minimum Gasteiger partial charge on any atom is -0.478 e. The summed E-state index contributed by atoms with van der Waals surface area (Å²) in [4.78, 5) is 10.8. The number of aromatic carboxylic acids is 1. The van der Waals surface area contributed by atoms with Gasteiger partial charge < -0.3 is 5.11 Å². The smallest absolute Gasteiger partial charge is 0.335 e. The number of nitrogens with zero attached hydrogens (tertiary/aromatic N) is 1. The average Bonchev–Trinajstić information content (AvgIpc) is 2.53. The minimum absolute atomic E-state index is 0.0700. The number of hydrogen-bond donors (Lipinski definition) is 2. The minimum atomic E-state index is -3.52. The first-order valence-electron chi connectivity index (χ1n) is 7.45. The summed E-state index contributed by atoms with van der Waals surface area (Å²) in [6.07, 6.45) is 5.13. The molecular formula is C15H22N2O4S. The summed E-state index contributed by atoms with van der Waals surface area (Å²) >= 11 is 0. The van der Waals surface area contributed by atoms with Gasteiger partial charge in [-0.1, -0.05) is 31.4 Å². The van der Waals surface area contributed by atoms with E-state index in [9.17, 15) is 13.2 Å². The van der Waals surface area contributed by atoms with Crippen LogP contribution >= 0.6 is 0 Å². The van der Waals surface area contributed by atoms with Crippen molar-refractivity contribution in [3.05, 3.63) is 35.4 Å². The first kappa shape index (κ1) is 16.9. The zero-order valence-corrected chi connectivity index (χ0v) is 13.5. The van der Waals surface area contributed by atoms with E-state index in [0.717, 1.165) is 31.2 Å². The van der Waals surface area contributed by atoms with Crippen molar-refractivity contribution in [3.63, 3.8) is 0 Å². The molecule has 0 atom stereocenters. The monoisotopic (exact) mass is 326 g/mol. The van der Waals surface area contributed by atoms with Crippen LogP contribution in [0.15, 0.2) is 24.3 Å². The van der Waals surface area contributed by atoms with Gasteiger partial charge in [0, 0.05) is 19.6 Å². The lowest BCUT2D eigenvalue weighted by Gasteiger charge is -2.30. The maximum absolute atomic E-state index is 12.3. The summed E-state index contributed by atoms with van der Waals surface area (Å²) in [6, 6.07) is 6.24. The third-order valence-corrected chi connectivity index (χ3v) is 5.69. The van der Waals surface area contributed by atoms with Crippen LogP contribution in [0.3, 0.4) is 0 Å². The summed E-state index contributed by atoms with van der Waals surface area (Å²) < 4.78 is 28.6. The summed E-state index contributed by atoms with van der Waals surface area (Å²) in [7, 11) is -1.90. The number of nitrogens with one attached hydrogen (secondary N) is 1. The van der Waals surface area contributed by atoms with E-state index in [4.69, 9.17) is 5.11 Å². The van der Waals surface area contributed by atoms with E-state index in [-0.39, 0.29) is 18.2 Å². The summed E-state index contributed by atoms with van der Waals surface area (Å²) in [5, 5.41) is 8.83. The zero-order valence-electron chi connectivity index (χ0n) is 12.7. The van der Waals surface area contributed by atoms with E-state index in [0.29, 0.717) is 0 Å². The number of carbonyl (C=O) groups is 1. The summed E-state index contributed by atoms with van der Waals surface area (Å²) in [6.45, 7) is 0.152. The van der Waals surface area contributed by atoms with Gasteiger partial charge in [0.05, 0.1) is 5.56 Å². The first-order valence-corrected chi connectivity index (χ1v) is 8.89. The molecule has 0 unspecified atom stereocenters. The van der Waals surface area contributed by atoms with Crippen molar-refractivity contribution in [2.24, 2.45) is 0 Å². The number of carboxylic acids is 1. The molecule has 0 radical (unpaired) electrons. The Hall–Kier alpha value is -1.44. The highest BCUT2D eigenvalue weighted by Gasteiger charge is 2.27. The molecule has 0 aromatic heterocycles. The molecule has 1 aliphatic carbocycles. The molecule has 0 aliphatic heterocycles. The van der Waals surface area contributed by atoms with E-state index in [2.05, 4.69) is 4.72 Å². The second-order valence-corrected chi connectivity index (χ2v) is 7.45. The number of carboxylic acid groups (broad SMARTS) is 1. The van der Waals surface area contributed by atoms with Gasteiger partial charge in [-0.05, 0) is 30.5 Å². The molecule has 0 saturated heterocycles. The lowest BCUT2D eigenvalue weighted by Crippen LogP contribution is -2.44. The van der Waals surface area contributed by atoms with Crippen LogP contribution in [0.25, 0.3) is 0 Å². The van der Waals surface area contributed by atoms with Crippen LogP contribution in [0.1, 0.15) is 48.0 Å². The van der Waals surface area contributed by atoms with E-state index >= 15 is 0 Å². The second-order valence-electron chi connectivity index (χ2n) is 5.64. The Labute approximate surface area is 131 Å². The fourth-order valence-electron chi connectivity index (χ4n) is 2.68.